The van der Waals surface area contributed by atoms with Crippen LogP contribution in [0.1, 0.15) is 68.7 Å². The number of alkyl halides is 4. The highest BCUT2D eigenvalue weighted by Gasteiger charge is 2.28. The summed E-state index contributed by atoms with van der Waals surface area (Å²) in [4.78, 5) is 47.8. The molecule has 0 atom stereocenters. The fourth-order valence-corrected chi connectivity index (χ4v) is 10.6. The van der Waals surface area contributed by atoms with Gasteiger partial charge in [-0.2, -0.15) is 33.0 Å². The van der Waals surface area contributed by atoms with Crippen molar-refractivity contribution in [3.05, 3.63) is 72.3 Å². The molecule has 0 spiro atoms. The van der Waals surface area contributed by atoms with E-state index in [0.717, 1.165) is 43.7 Å². The summed E-state index contributed by atoms with van der Waals surface area (Å²) in [5, 5.41) is 28.2. The molecule has 9 rings (SSSR count). The lowest BCUT2D eigenvalue weighted by Gasteiger charge is -2.35. The Kier molecular flexibility index (Phi) is 18.8. The summed E-state index contributed by atoms with van der Waals surface area (Å²) < 4.78 is 78.3. The number of halogens is 4. The van der Waals surface area contributed by atoms with E-state index in [1.54, 1.807) is 46.1 Å². The number of carbonyl (C=O) groups is 2. The Morgan fingerprint density at radius 1 is 0.723 bits per heavy atom. The molecule has 83 heavy (non-hydrogen) atoms. The maximum Gasteiger partial charge on any atom is 0.387 e. The van der Waals surface area contributed by atoms with Gasteiger partial charge in [-0.3, -0.25) is 19.4 Å². The van der Waals surface area contributed by atoms with Gasteiger partial charge in [0.1, 0.15) is 58.8 Å². The number of ether oxygens (including phenoxy) is 4. The van der Waals surface area contributed by atoms with Crippen molar-refractivity contribution in [2.45, 2.75) is 144 Å². The van der Waals surface area contributed by atoms with Gasteiger partial charge >= 0.3 is 13.2 Å². The number of aromatic nitrogens is 10. The van der Waals surface area contributed by atoms with Crippen LogP contribution >= 0.6 is 0 Å². The Hall–Kier alpha value is -7.32. The number of aryl methyl sites for hydroxylation is 1. The summed E-state index contributed by atoms with van der Waals surface area (Å²) in [5.41, 5.74) is 4.53. The second-order valence-electron chi connectivity index (χ2n) is 25.2. The van der Waals surface area contributed by atoms with Crippen LogP contribution in [0.5, 0.6) is 11.5 Å². The minimum Gasteiger partial charge on any atom is -0.435 e. The molecule has 0 unspecified atom stereocenters. The van der Waals surface area contributed by atoms with Crippen LogP contribution in [0.4, 0.5) is 17.6 Å². The SMILES string of the molecule is CC(C)(C)NC(=O)c1cn(COCC[Si](C)(C)C)c2ncc(-c3n[nH]c4ccc(OC(F)F)cc34)nc12.CC(C)(C)NC(=O)c1cn(COCC[Si](C)(C)C)c2ncc(-c3nn(CCCN4CC(C#N)C4)c4ccc(OC(F)F)cc34)nc12. The van der Waals surface area contributed by atoms with Crippen molar-refractivity contribution in [3.8, 4) is 40.3 Å². The number of likely N-dealkylation sites (tertiary alicyclic amines) is 1. The zero-order valence-electron chi connectivity index (χ0n) is 49.2. The number of fused-ring (bicyclic) bond motifs is 4. The van der Waals surface area contributed by atoms with Gasteiger partial charge in [0.15, 0.2) is 11.3 Å². The normalized spacial score (nSPS) is 13.7. The Morgan fingerprint density at radius 3 is 1.70 bits per heavy atom. The number of amides is 2. The summed E-state index contributed by atoms with van der Waals surface area (Å²) in [6.07, 6.45) is 7.32. The average Bonchev–Trinajstić information content (AvgIpc) is 3.00. The van der Waals surface area contributed by atoms with Gasteiger partial charge in [-0.05, 0) is 103 Å². The van der Waals surface area contributed by atoms with Crippen LogP contribution < -0.4 is 20.1 Å². The maximum absolute atomic E-state index is 13.4. The summed E-state index contributed by atoms with van der Waals surface area (Å²) in [6, 6.07) is 13.6. The van der Waals surface area contributed by atoms with Crippen molar-refractivity contribution in [2.24, 2.45) is 5.92 Å². The quantitative estimate of drug-likeness (QED) is 0.0326. The molecule has 2 amide bonds. The lowest BCUT2D eigenvalue weighted by atomic mass is 10.0. The number of nitriles is 1. The van der Waals surface area contributed by atoms with E-state index in [4.69, 9.17) is 39.5 Å². The van der Waals surface area contributed by atoms with Gasteiger partial charge in [-0.25, -0.2) is 19.9 Å². The van der Waals surface area contributed by atoms with E-state index < -0.39 is 40.4 Å². The Balaban J connectivity index is 0.000000222. The lowest BCUT2D eigenvalue weighted by molar-refractivity contribution is -0.0504. The highest BCUT2D eigenvalue weighted by molar-refractivity contribution is 6.76. The predicted octanol–water partition coefficient (Wildman–Crippen LogP) is 11.2. The van der Waals surface area contributed by atoms with Crippen molar-refractivity contribution >= 4 is 72.1 Å². The molecule has 1 fully saturated rings. The number of nitrogens with one attached hydrogen (secondary N) is 3. The topological polar surface area (TPSA) is 230 Å². The van der Waals surface area contributed by atoms with Crippen LogP contribution in [-0.2, 0) is 29.5 Å². The molecule has 3 N–H and O–H groups in total. The van der Waals surface area contributed by atoms with Crippen LogP contribution in [0.3, 0.4) is 0 Å². The number of H-pyrrole nitrogens is 1. The molecular weight excluding hydrogens is 1110 g/mol. The smallest absolute Gasteiger partial charge is 0.387 e. The summed E-state index contributed by atoms with van der Waals surface area (Å²) in [7, 11) is -2.53. The molecule has 0 radical (unpaired) electrons. The van der Waals surface area contributed by atoms with Crippen LogP contribution in [-0.4, -0.2) is 139 Å². The van der Waals surface area contributed by atoms with Gasteiger partial charge in [0.25, 0.3) is 11.8 Å². The van der Waals surface area contributed by atoms with Crippen LogP contribution in [0.25, 0.3) is 66.9 Å². The number of aromatic amines is 1. The number of carbonyl (C=O) groups excluding carboxylic acids is 2. The molecule has 1 saturated heterocycles. The third-order valence-corrected chi connectivity index (χ3v) is 16.6. The van der Waals surface area contributed by atoms with Crippen molar-refractivity contribution in [2.75, 3.05) is 32.8 Å². The molecule has 26 heteroatoms. The first-order chi connectivity index (χ1) is 39.0. The van der Waals surface area contributed by atoms with Gasteiger partial charge in [0.05, 0.1) is 46.5 Å². The highest BCUT2D eigenvalue weighted by Crippen LogP contribution is 2.34. The maximum atomic E-state index is 13.4. The first kappa shape index (κ1) is 61.7. The third-order valence-electron chi connectivity index (χ3n) is 13.2. The van der Waals surface area contributed by atoms with Crippen molar-refractivity contribution < 1.29 is 46.1 Å². The number of benzene rings is 2. The molecule has 20 nitrogen and oxygen atoms in total. The van der Waals surface area contributed by atoms with E-state index in [1.807, 2.05) is 46.2 Å². The number of rotatable bonds is 22. The highest BCUT2D eigenvalue weighted by atomic mass is 28.3. The molecule has 444 valence electrons. The number of hydrogen-bond acceptors (Lipinski definition) is 14. The number of nitrogens with zero attached hydrogens (tertiary/aromatic N) is 11. The number of hydrogen-bond donors (Lipinski definition) is 3. The van der Waals surface area contributed by atoms with Gasteiger partial charge in [0, 0.05) is 83.2 Å². The van der Waals surface area contributed by atoms with E-state index in [9.17, 15) is 27.2 Å². The minimum absolute atomic E-state index is 0.00560. The van der Waals surface area contributed by atoms with Crippen LogP contribution in [0.15, 0.2) is 61.2 Å². The summed E-state index contributed by atoms with van der Waals surface area (Å²) in [5.74, 6) is -0.485. The standard InChI is InChI=1S/C32H42F2N8O3Si.C25H32F2N6O3Si/c1-32(2,3)38-30(43)24-19-41(20-44-12-13-46(4,5)6)29-28(24)37-25(16-36-29)27-23-14-22(45-31(33)34)8-9-26(23)42(39-27)11-7-10-40-17-21(15-35)18-40;1-25(2,3)30-23(34)17-13-33(14-35-9-10-37(4,5)6)22-21(17)29-19(12-28-22)20-16-11-15(36-24(26)27)7-8-18(16)31-32-20/h8-9,14,16,19,21,31H,7,10-13,17-18,20H2,1-6H3,(H,38,43);7-8,11-13,24H,9-10,14H2,1-6H3,(H,30,34)(H,31,32). The predicted molar refractivity (Wildman–Crippen MR) is 315 cm³/mol. The Morgan fingerprint density at radius 2 is 1.22 bits per heavy atom. The monoisotopic (exact) mass is 1180 g/mol. The molecule has 0 saturated carbocycles. The van der Waals surface area contributed by atoms with Crippen molar-refractivity contribution in [1.82, 2.24) is 64.6 Å². The molecule has 1 aliphatic rings. The van der Waals surface area contributed by atoms with Crippen molar-refractivity contribution in [1.29, 1.82) is 5.26 Å². The third kappa shape index (κ3) is 16.3. The van der Waals surface area contributed by atoms with E-state index in [1.165, 1.54) is 24.3 Å². The molecule has 2 aromatic carbocycles. The lowest BCUT2D eigenvalue weighted by Crippen LogP contribution is -2.46. The fraction of sp³-hybridized carbons (Fsp3) is 0.491. The zero-order chi connectivity index (χ0) is 60.2. The Bertz CT molecular complexity index is 3640. The largest absolute Gasteiger partial charge is 0.435 e. The second-order valence-corrected chi connectivity index (χ2v) is 36.5. The first-order valence-electron chi connectivity index (χ1n) is 27.5. The fourth-order valence-electron chi connectivity index (χ4n) is 9.10. The molecule has 1 aliphatic heterocycles. The molecule has 0 bridgehead atoms. The molecule has 8 aromatic rings. The Labute approximate surface area is 481 Å². The average molecular weight is 1180 g/mol. The van der Waals surface area contributed by atoms with Crippen molar-refractivity contribution in [3.63, 3.8) is 0 Å². The minimum atomic E-state index is -2.97. The van der Waals surface area contributed by atoms with E-state index >= 15 is 0 Å². The second kappa shape index (κ2) is 25.3. The van der Waals surface area contributed by atoms with Gasteiger partial charge < -0.3 is 43.6 Å². The zero-order valence-corrected chi connectivity index (χ0v) is 51.2. The molecule has 6 aromatic heterocycles. The van der Waals surface area contributed by atoms with E-state index in [2.05, 4.69) is 80.8 Å². The van der Waals surface area contributed by atoms with Gasteiger partial charge in [-0.1, -0.05) is 39.3 Å². The van der Waals surface area contributed by atoms with Crippen LogP contribution in [0.2, 0.25) is 51.4 Å². The molecule has 7 heterocycles. The first-order valence-corrected chi connectivity index (χ1v) is 35.0. The summed E-state index contributed by atoms with van der Waals surface area (Å²) in [6.45, 7) is 23.8. The van der Waals surface area contributed by atoms with E-state index in [0.29, 0.717) is 92.3 Å². The van der Waals surface area contributed by atoms with Crippen LogP contribution in [0, 0.1) is 17.2 Å². The van der Waals surface area contributed by atoms with E-state index in [-0.39, 0.29) is 42.7 Å². The van der Waals surface area contributed by atoms with Gasteiger partial charge in [0.2, 0.25) is 0 Å². The van der Waals surface area contributed by atoms with Gasteiger partial charge in [-0.15, -0.1) is 0 Å². The molecular formula is C57H74F4N14O6Si2. The molecule has 0 aliphatic carbocycles. The summed E-state index contributed by atoms with van der Waals surface area (Å²) >= 11 is 0.